The van der Waals surface area contributed by atoms with Crippen LogP contribution in [-0.2, 0) is 9.59 Å². The summed E-state index contributed by atoms with van der Waals surface area (Å²) in [5.41, 5.74) is 1.61. The third kappa shape index (κ3) is 4.86. The van der Waals surface area contributed by atoms with Gasteiger partial charge in [-0.1, -0.05) is 42.1 Å². The van der Waals surface area contributed by atoms with Crippen molar-refractivity contribution in [3.63, 3.8) is 0 Å². The Balaban J connectivity index is 1.89. The summed E-state index contributed by atoms with van der Waals surface area (Å²) in [6.45, 7) is 3.76. The highest BCUT2D eigenvalue weighted by Crippen LogP contribution is 2.29. The van der Waals surface area contributed by atoms with Gasteiger partial charge in [-0.3, -0.25) is 14.5 Å². The molecular formula is C21H20FN3O2S. The van der Waals surface area contributed by atoms with E-state index in [1.165, 1.54) is 40.9 Å². The number of hydrogen-bond acceptors (Lipinski definition) is 4. The molecule has 2 amide bonds. The minimum Gasteiger partial charge on any atom is -0.353 e. The Bertz CT molecular complexity index is 924. The molecule has 2 aromatic carbocycles. The van der Waals surface area contributed by atoms with E-state index in [0.29, 0.717) is 10.9 Å². The summed E-state index contributed by atoms with van der Waals surface area (Å²) in [4.78, 5) is 30.8. The van der Waals surface area contributed by atoms with Crippen molar-refractivity contribution in [2.75, 3.05) is 10.7 Å². The highest BCUT2D eigenvalue weighted by molar-refractivity contribution is 8.14. The van der Waals surface area contributed by atoms with Crippen LogP contribution in [-0.4, -0.2) is 28.8 Å². The van der Waals surface area contributed by atoms with Crippen LogP contribution in [0.15, 0.2) is 65.3 Å². The summed E-state index contributed by atoms with van der Waals surface area (Å²) < 4.78 is 13.3. The fourth-order valence-electron chi connectivity index (χ4n) is 2.61. The predicted molar refractivity (Wildman–Crippen MR) is 111 cm³/mol. The van der Waals surface area contributed by atoms with Gasteiger partial charge in [0.05, 0.1) is 11.4 Å². The number of rotatable bonds is 5. The van der Waals surface area contributed by atoms with Crippen molar-refractivity contribution in [1.82, 2.24) is 5.32 Å². The minimum absolute atomic E-state index is 0.0296. The number of aliphatic imine (C=N–C) groups is 1. The van der Waals surface area contributed by atoms with Crippen molar-refractivity contribution < 1.29 is 14.0 Å². The number of amides is 2. The Morgan fingerprint density at radius 3 is 2.50 bits per heavy atom. The maximum absolute atomic E-state index is 13.3. The summed E-state index contributed by atoms with van der Waals surface area (Å²) in [5, 5.41) is 3.20. The quantitative estimate of drug-likeness (QED) is 0.780. The van der Waals surface area contributed by atoms with E-state index in [9.17, 15) is 14.0 Å². The smallest absolute Gasteiger partial charge is 0.283 e. The summed E-state index contributed by atoms with van der Waals surface area (Å²) in [7, 11) is 0. The predicted octanol–water partition coefficient (Wildman–Crippen LogP) is 3.83. The molecule has 0 unspecified atom stereocenters. The lowest BCUT2D eigenvalue weighted by Crippen LogP contribution is -2.34. The van der Waals surface area contributed by atoms with Crippen LogP contribution in [0.2, 0.25) is 0 Å². The standard InChI is InChI=1S/C21H20FN3O2S/c1-14(2)23-19(26)13-28-21-24-18(12-15-6-4-3-5-7-15)20(27)25(21)17-10-8-16(22)9-11-17/h3-12,14H,13H2,1-2H3,(H,23,26)/b18-12-. The number of nitrogens with one attached hydrogen (secondary N) is 1. The van der Waals surface area contributed by atoms with Crippen LogP contribution in [0.5, 0.6) is 0 Å². The SMILES string of the molecule is CC(C)NC(=O)CSC1=N/C(=C\c2ccccc2)C(=O)N1c1ccc(F)cc1. The lowest BCUT2D eigenvalue weighted by molar-refractivity contribution is -0.119. The highest BCUT2D eigenvalue weighted by Gasteiger charge is 2.32. The molecule has 0 fully saturated rings. The van der Waals surface area contributed by atoms with E-state index in [4.69, 9.17) is 0 Å². The third-order valence-electron chi connectivity index (χ3n) is 3.80. The van der Waals surface area contributed by atoms with E-state index >= 15 is 0 Å². The van der Waals surface area contributed by atoms with Crippen molar-refractivity contribution in [2.45, 2.75) is 19.9 Å². The first-order valence-corrected chi connectivity index (χ1v) is 9.80. The maximum Gasteiger partial charge on any atom is 0.283 e. The first kappa shape index (κ1) is 19.8. The topological polar surface area (TPSA) is 61.8 Å². The van der Waals surface area contributed by atoms with Gasteiger partial charge in [-0.15, -0.1) is 0 Å². The van der Waals surface area contributed by atoms with Gasteiger partial charge in [-0.25, -0.2) is 9.38 Å². The van der Waals surface area contributed by atoms with Gasteiger partial charge in [0.25, 0.3) is 5.91 Å². The Morgan fingerprint density at radius 1 is 1.18 bits per heavy atom. The van der Waals surface area contributed by atoms with Crippen molar-refractivity contribution in [1.29, 1.82) is 0 Å². The summed E-state index contributed by atoms with van der Waals surface area (Å²) in [5.74, 6) is -0.726. The van der Waals surface area contributed by atoms with Gasteiger partial charge in [0.2, 0.25) is 5.91 Å². The number of nitrogens with zero attached hydrogens (tertiary/aromatic N) is 2. The normalized spacial score (nSPS) is 15.3. The van der Waals surface area contributed by atoms with Crippen LogP contribution in [0, 0.1) is 5.82 Å². The first-order valence-electron chi connectivity index (χ1n) is 8.81. The van der Waals surface area contributed by atoms with E-state index in [1.54, 1.807) is 6.08 Å². The number of thioether (sulfide) groups is 1. The molecule has 144 valence electrons. The fraction of sp³-hybridized carbons (Fsp3) is 0.190. The second-order valence-electron chi connectivity index (χ2n) is 6.46. The molecule has 0 saturated carbocycles. The molecule has 1 aliphatic rings. The average molecular weight is 397 g/mol. The van der Waals surface area contributed by atoms with E-state index in [-0.39, 0.29) is 29.3 Å². The van der Waals surface area contributed by atoms with Gasteiger partial charge < -0.3 is 5.32 Å². The zero-order chi connectivity index (χ0) is 20.1. The molecule has 1 heterocycles. The maximum atomic E-state index is 13.3. The number of hydrogen-bond donors (Lipinski definition) is 1. The van der Waals surface area contributed by atoms with Crippen LogP contribution in [0.4, 0.5) is 10.1 Å². The van der Waals surface area contributed by atoms with Gasteiger partial charge in [-0.05, 0) is 49.8 Å². The largest absolute Gasteiger partial charge is 0.353 e. The molecule has 0 saturated heterocycles. The van der Waals surface area contributed by atoms with Crippen molar-refractivity contribution in [3.05, 3.63) is 71.7 Å². The molecule has 0 atom stereocenters. The van der Waals surface area contributed by atoms with Crippen molar-refractivity contribution in [3.8, 4) is 0 Å². The van der Waals surface area contributed by atoms with Gasteiger partial charge in [0.15, 0.2) is 5.17 Å². The fourth-order valence-corrected chi connectivity index (χ4v) is 3.44. The van der Waals surface area contributed by atoms with Crippen molar-refractivity contribution in [2.24, 2.45) is 4.99 Å². The molecule has 3 rings (SSSR count). The molecule has 28 heavy (non-hydrogen) atoms. The van der Waals surface area contributed by atoms with E-state index < -0.39 is 5.82 Å². The van der Waals surface area contributed by atoms with Gasteiger partial charge in [0, 0.05) is 6.04 Å². The lowest BCUT2D eigenvalue weighted by Gasteiger charge is -2.18. The number of amidine groups is 1. The van der Waals surface area contributed by atoms with E-state index in [0.717, 1.165) is 5.56 Å². The molecule has 0 radical (unpaired) electrons. The van der Waals surface area contributed by atoms with Crippen LogP contribution in [0.25, 0.3) is 6.08 Å². The zero-order valence-corrected chi connectivity index (χ0v) is 16.4. The second kappa shape index (κ2) is 8.84. The minimum atomic E-state index is -0.391. The average Bonchev–Trinajstić information content (AvgIpc) is 2.97. The summed E-state index contributed by atoms with van der Waals surface area (Å²) in [6.07, 6.45) is 1.70. The Morgan fingerprint density at radius 2 is 1.86 bits per heavy atom. The molecule has 7 heteroatoms. The molecule has 2 aromatic rings. The second-order valence-corrected chi connectivity index (χ2v) is 7.41. The number of carbonyl (C=O) groups excluding carboxylic acids is 2. The third-order valence-corrected chi connectivity index (χ3v) is 4.74. The molecular weight excluding hydrogens is 377 g/mol. The monoisotopic (exact) mass is 397 g/mol. The molecule has 0 spiro atoms. The number of carbonyl (C=O) groups is 2. The molecule has 0 aromatic heterocycles. The van der Waals surface area contributed by atoms with Crippen LogP contribution in [0.3, 0.4) is 0 Å². The number of halogens is 1. The summed E-state index contributed by atoms with van der Waals surface area (Å²) in [6, 6.07) is 15.0. The van der Waals surface area contributed by atoms with Crippen molar-refractivity contribution >= 4 is 40.5 Å². The molecule has 5 nitrogen and oxygen atoms in total. The van der Waals surface area contributed by atoms with Crippen LogP contribution in [0.1, 0.15) is 19.4 Å². The summed E-state index contributed by atoms with van der Waals surface area (Å²) >= 11 is 1.17. The first-order chi connectivity index (χ1) is 13.4. The molecule has 0 bridgehead atoms. The van der Waals surface area contributed by atoms with Gasteiger partial charge in [-0.2, -0.15) is 0 Å². The highest BCUT2D eigenvalue weighted by atomic mass is 32.2. The Hall–Kier alpha value is -2.93. The molecule has 0 aliphatic carbocycles. The van der Waals surface area contributed by atoms with E-state index in [1.807, 2.05) is 44.2 Å². The zero-order valence-electron chi connectivity index (χ0n) is 15.6. The number of benzene rings is 2. The van der Waals surface area contributed by atoms with Crippen LogP contribution < -0.4 is 10.2 Å². The van der Waals surface area contributed by atoms with Gasteiger partial charge >= 0.3 is 0 Å². The Kier molecular flexibility index (Phi) is 6.26. The van der Waals surface area contributed by atoms with Crippen LogP contribution >= 0.6 is 11.8 Å². The van der Waals surface area contributed by atoms with Gasteiger partial charge in [0.1, 0.15) is 11.5 Å². The number of anilines is 1. The molecule has 1 aliphatic heterocycles. The molecule has 1 N–H and O–H groups in total. The Labute approximate surface area is 167 Å². The lowest BCUT2D eigenvalue weighted by atomic mass is 10.2. The van der Waals surface area contributed by atoms with E-state index in [2.05, 4.69) is 10.3 Å².